The average Bonchev–Trinajstić information content (AvgIpc) is 2.74. The highest BCUT2D eigenvalue weighted by molar-refractivity contribution is 5.55. The van der Waals surface area contributed by atoms with E-state index in [1.807, 2.05) is 0 Å². The van der Waals surface area contributed by atoms with E-state index in [4.69, 9.17) is 9.47 Å². The molecule has 1 N–H and O–H groups in total. The van der Waals surface area contributed by atoms with E-state index < -0.39 is 0 Å². The summed E-state index contributed by atoms with van der Waals surface area (Å²) in [5, 5.41) is 9.98. The third kappa shape index (κ3) is 4.02. The molecule has 1 fully saturated rings. The second kappa shape index (κ2) is 8.94. The molecule has 3 aliphatic rings. The van der Waals surface area contributed by atoms with Gasteiger partial charge >= 0.3 is 0 Å². The quantitative estimate of drug-likeness (QED) is 0.345. The maximum atomic E-state index is 9.98. The van der Waals surface area contributed by atoms with Crippen LogP contribution in [0.3, 0.4) is 0 Å². The summed E-state index contributed by atoms with van der Waals surface area (Å²) in [5.41, 5.74) is 3.88. The summed E-state index contributed by atoms with van der Waals surface area (Å²) < 4.78 is 11.9. The van der Waals surface area contributed by atoms with Gasteiger partial charge in [0, 0.05) is 11.5 Å². The number of rotatable bonds is 10. The molecule has 0 aromatic heterocycles. The van der Waals surface area contributed by atoms with Gasteiger partial charge in [-0.25, -0.2) is 0 Å². The van der Waals surface area contributed by atoms with Gasteiger partial charge in [-0.3, -0.25) is 0 Å². The van der Waals surface area contributed by atoms with E-state index in [2.05, 4.69) is 52.8 Å². The molecule has 0 radical (unpaired) electrons. The van der Waals surface area contributed by atoms with Crippen LogP contribution in [0.4, 0.5) is 0 Å². The molecule has 0 amide bonds. The summed E-state index contributed by atoms with van der Waals surface area (Å²) in [4.78, 5) is 0. The Morgan fingerprint density at radius 1 is 1.07 bits per heavy atom. The Bertz CT molecular complexity index is 749. The first-order valence-corrected chi connectivity index (χ1v) is 11.8. The van der Waals surface area contributed by atoms with Crippen molar-refractivity contribution in [3.8, 4) is 11.5 Å². The summed E-state index contributed by atoms with van der Waals surface area (Å²) >= 11 is 0. The largest absolute Gasteiger partial charge is 0.496 e. The highest BCUT2D eigenvalue weighted by Crippen LogP contribution is 2.65. The summed E-state index contributed by atoms with van der Waals surface area (Å²) in [6.45, 7) is 11.7. The molecule has 3 aliphatic carbocycles. The maximum Gasteiger partial charge on any atom is 0.126 e. The van der Waals surface area contributed by atoms with Gasteiger partial charge in [0.15, 0.2) is 0 Å². The van der Waals surface area contributed by atoms with Crippen molar-refractivity contribution in [2.45, 2.75) is 84.5 Å². The number of ether oxygens (including phenoxy) is 2. The number of aliphatic hydroxyl groups is 1. The molecule has 30 heavy (non-hydrogen) atoms. The molecule has 168 valence electrons. The second-order valence-electron chi connectivity index (χ2n) is 10.6. The number of benzene rings is 1. The molecule has 0 aliphatic heterocycles. The first-order valence-electron chi connectivity index (χ1n) is 11.8. The first-order chi connectivity index (χ1) is 14.2. The Hall–Kier alpha value is -1.48. The Morgan fingerprint density at radius 3 is 2.20 bits per heavy atom. The topological polar surface area (TPSA) is 38.7 Å². The Morgan fingerprint density at radius 2 is 1.70 bits per heavy atom. The number of hydrogen-bond donors (Lipinski definition) is 1. The van der Waals surface area contributed by atoms with Gasteiger partial charge in [-0.15, -0.1) is 0 Å². The average molecular weight is 415 g/mol. The van der Waals surface area contributed by atoms with E-state index in [-0.39, 0.29) is 23.4 Å². The molecule has 1 aromatic carbocycles. The standard InChI is InChI=1S/C27H42O3/c1-8-9-10-11-12-26(2,3)19-14-23(29-6)25(24(15-19)30-7)20-13-18(17-28)21-16-22(20)27(21,4)5/h13-15,20-22,28H,8-12,16-17H2,1-7H3/t20-,21-,22-/m1/s1. The predicted octanol–water partition coefficient (Wildman–Crippen LogP) is 6.63. The number of hydrogen-bond acceptors (Lipinski definition) is 3. The van der Waals surface area contributed by atoms with Gasteiger partial charge < -0.3 is 14.6 Å². The van der Waals surface area contributed by atoms with Gasteiger partial charge in [0.2, 0.25) is 0 Å². The van der Waals surface area contributed by atoms with E-state index in [0.717, 1.165) is 29.9 Å². The third-order valence-electron chi connectivity index (χ3n) is 8.11. The zero-order chi connectivity index (χ0) is 22.1. The zero-order valence-electron chi connectivity index (χ0n) is 20.2. The van der Waals surface area contributed by atoms with E-state index in [1.165, 1.54) is 36.8 Å². The van der Waals surface area contributed by atoms with E-state index >= 15 is 0 Å². The molecule has 0 unspecified atom stereocenters. The van der Waals surface area contributed by atoms with Gasteiger partial charge in [-0.2, -0.15) is 0 Å². The fraction of sp³-hybridized carbons (Fsp3) is 0.704. The Balaban J connectivity index is 1.99. The van der Waals surface area contributed by atoms with Gasteiger partial charge in [-0.1, -0.05) is 66.4 Å². The lowest BCUT2D eigenvalue weighted by Gasteiger charge is -2.59. The number of methoxy groups -OCH3 is 2. The van der Waals surface area contributed by atoms with Crippen molar-refractivity contribution in [3.05, 3.63) is 34.9 Å². The predicted molar refractivity (Wildman–Crippen MR) is 125 cm³/mol. The van der Waals surface area contributed by atoms with Crippen LogP contribution in [-0.2, 0) is 5.41 Å². The number of unbranched alkanes of at least 4 members (excludes halogenated alkanes) is 3. The first kappa shape index (κ1) is 23.2. The van der Waals surface area contributed by atoms with Crippen molar-refractivity contribution in [3.63, 3.8) is 0 Å². The highest BCUT2D eigenvalue weighted by atomic mass is 16.5. The van der Waals surface area contributed by atoms with Gasteiger partial charge in [-0.05, 0) is 58.8 Å². The fourth-order valence-corrected chi connectivity index (χ4v) is 5.90. The number of allylic oxidation sites excluding steroid dienone is 1. The summed E-state index contributed by atoms with van der Waals surface area (Å²) in [6.07, 6.45) is 9.70. The minimum Gasteiger partial charge on any atom is -0.496 e. The van der Waals surface area contributed by atoms with Crippen molar-refractivity contribution in [1.82, 2.24) is 0 Å². The third-order valence-corrected chi connectivity index (χ3v) is 8.11. The van der Waals surface area contributed by atoms with Crippen LogP contribution in [0, 0.1) is 17.3 Å². The van der Waals surface area contributed by atoms with Gasteiger partial charge in [0.05, 0.1) is 20.8 Å². The lowest BCUT2D eigenvalue weighted by atomic mass is 9.45. The smallest absolute Gasteiger partial charge is 0.126 e. The highest BCUT2D eigenvalue weighted by Gasteiger charge is 2.56. The molecular weight excluding hydrogens is 372 g/mol. The van der Waals surface area contributed by atoms with Crippen LogP contribution >= 0.6 is 0 Å². The summed E-state index contributed by atoms with van der Waals surface area (Å²) in [6, 6.07) is 4.48. The zero-order valence-corrected chi connectivity index (χ0v) is 20.2. The van der Waals surface area contributed by atoms with Crippen molar-refractivity contribution >= 4 is 0 Å². The van der Waals surface area contributed by atoms with Crippen molar-refractivity contribution in [2.75, 3.05) is 20.8 Å². The van der Waals surface area contributed by atoms with Crippen LogP contribution in [0.25, 0.3) is 0 Å². The normalized spacial score (nSPS) is 24.8. The minimum atomic E-state index is 0.0757. The molecule has 2 bridgehead atoms. The molecule has 3 heteroatoms. The Labute approximate surface area is 183 Å². The SMILES string of the molecule is CCCCCCC(C)(C)c1cc(OC)c([C@@H]2C=C(CO)[C@H]3C[C@H]2C3(C)C)c(OC)c1. The lowest BCUT2D eigenvalue weighted by Crippen LogP contribution is -2.51. The van der Waals surface area contributed by atoms with E-state index in [1.54, 1.807) is 14.2 Å². The molecule has 1 saturated carbocycles. The van der Waals surface area contributed by atoms with Gasteiger partial charge in [0.25, 0.3) is 0 Å². The number of aliphatic hydroxyl groups excluding tert-OH is 1. The molecule has 4 rings (SSSR count). The molecule has 0 saturated heterocycles. The second-order valence-corrected chi connectivity index (χ2v) is 10.6. The van der Waals surface area contributed by atoms with Crippen molar-refractivity contribution < 1.29 is 14.6 Å². The molecular formula is C27H42O3. The molecule has 0 spiro atoms. The van der Waals surface area contributed by atoms with Gasteiger partial charge in [0.1, 0.15) is 11.5 Å². The van der Waals surface area contributed by atoms with Crippen LogP contribution in [-0.4, -0.2) is 25.9 Å². The van der Waals surface area contributed by atoms with E-state index in [9.17, 15) is 5.11 Å². The van der Waals surface area contributed by atoms with Crippen molar-refractivity contribution in [1.29, 1.82) is 0 Å². The van der Waals surface area contributed by atoms with E-state index in [0.29, 0.717) is 11.8 Å². The summed E-state index contributed by atoms with van der Waals surface area (Å²) in [5.74, 6) is 3.12. The van der Waals surface area contributed by atoms with Crippen LogP contribution in [0.1, 0.15) is 90.2 Å². The van der Waals surface area contributed by atoms with Crippen LogP contribution in [0.15, 0.2) is 23.8 Å². The lowest BCUT2D eigenvalue weighted by molar-refractivity contribution is -0.0260. The Kier molecular flexibility index (Phi) is 6.91. The molecule has 0 heterocycles. The van der Waals surface area contributed by atoms with Crippen LogP contribution in [0.2, 0.25) is 0 Å². The number of fused-ring (bicyclic) bond motifs is 1. The van der Waals surface area contributed by atoms with Crippen LogP contribution in [0.5, 0.6) is 11.5 Å². The maximum absolute atomic E-state index is 9.98. The summed E-state index contributed by atoms with van der Waals surface area (Å²) in [7, 11) is 3.54. The molecule has 3 nitrogen and oxygen atoms in total. The molecule has 3 atom stereocenters. The van der Waals surface area contributed by atoms with Crippen molar-refractivity contribution in [2.24, 2.45) is 17.3 Å². The van der Waals surface area contributed by atoms with Crippen LogP contribution < -0.4 is 9.47 Å². The fourth-order valence-electron chi connectivity index (χ4n) is 5.90. The molecule has 1 aromatic rings. The monoisotopic (exact) mass is 414 g/mol. The minimum absolute atomic E-state index is 0.0757.